The Hall–Kier alpha value is -0.340. The van der Waals surface area contributed by atoms with Gasteiger partial charge in [0.05, 0.1) is 0 Å². The second-order valence-electron chi connectivity index (χ2n) is 3.06. The Kier molecular flexibility index (Phi) is 3.76. The number of aryl methyl sites for hydroxylation is 1. The Balaban J connectivity index is 2.76. The molecule has 0 amide bonds. The maximum atomic E-state index is 3.27. The van der Waals surface area contributed by atoms with Crippen LogP contribution in [0.15, 0.2) is 11.4 Å². The van der Waals surface area contributed by atoms with Gasteiger partial charge in [-0.25, -0.2) is 0 Å². The van der Waals surface area contributed by atoms with Crippen molar-refractivity contribution in [2.24, 2.45) is 0 Å². The fraction of sp³-hybridized carbons (Fsp3) is 0.600. The van der Waals surface area contributed by atoms with Gasteiger partial charge in [0.1, 0.15) is 0 Å². The first kappa shape index (κ1) is 9.75. The van der Waals surface area contributed by atoms with Gasteiger partial charge in [-0.05, 0) is 37.4 Å². The highest BCUT2D eigenvalue weighted by atomic mass is 32.1. The van der Waals surface area contributed by atoms with Crippen molar-refractivity contribution in [2.45, 2.75) is 32.7 Å². The maximum absolute atomic E-state index is 3.27. The van der Waals surface area contributed by atoms with Gasteiger partial charge in [0.25, 0.3) is 0 Å². The van der Waals surface area contributed by atoms with Crippen LogP contribution in [0.25, 0.3) is 0 Å². The lowest BCUT2D eigenvalue weighted by Gasteiger charge is -2.10. The van der Waals surface area contributed by atoms with Gasteiger partial charge < -0.3 is 5.32 Å². The molecule has 1 unspecified atom stereocenters. The van der Waals surface area contributed by atoms with Crippen LogP contribution < -0.4 is 5.32 Å². The van der Waals surface area contributed by atoms with Crippen LogP contribution in [0, 0.1) is 0 Å². The predicted octanol–water partition coefficient (Wildman–Crippen LogP) is 2.98. The average Bonchev–Trinajstić information content (AvgIpc) is 2.52. The smallest absolute Gasteiger partial charge is 0.0300 e. The van der Waals surface area contributed by atoms with Gasteiger partial charge in [0.2, 0.25) is 0 Å². The number of nitrogens with one attached hydrogen (secondary N) is 1. The summed E-state index contributed by atoms with van der Waals surface area (Å²) in [6.07, 6.45) is 2.46. The number of hydrogen-bond donors (Lipinski definition) is 1. The van der Waals surface area contributed by atoms with Crippen molar-refractivity contribution in [3.8, 4) is 0 Å². The second-order valence-corrected chi connectivity index (χ2v) is 4.06. The lowest BCUT2D eigenvalue weighted by Crippen LogP contribution is -2.12. The molecule has 1 heterocycles. The van der Waals surface area contributed by atoms with Crippen LogP contribution in [0.3, 0.4) is 0 Å². The lowest BCUT2D eigenvalue weighted by atomic mass is 10.1. The molecular formula is C10H17NS. The quantitative estimate of drug-likeness (QED) is 0.756. The monoisotopic (exact) mass is 183 g/mol. The van der Waals surface area contributed by atoms with E-state index in [9.17, 15) is 0 Å². The molecule has 0 aliphatic rings. The predicted molar refractivity (Wildman–Crippen MR) is 55.8 cm³/mol. The molecule has 0 fully saturated rings. The van der Waals surface area contributed by atoms with Crippen molar-refractivity contribution in [1.29, 1.82) is 0 Å². The van der Waals surface area contributed by atoms with Crippen molar-refractivity contribution in [3.63, 3.8) is 0 Å². The minimum atomic E-state index is 0.498. The molecule has 1 aromatic heterocycles. The van der Waals surface area contributed by atoms with Crippen LogP contribution in [0.4, 0.5) is 0 Å². The molecule has 0 spiro atoms. The van der Waals surface area contributed by atoms with Gasteiger partial charge in [-0.2, -0.15) is 0 Å². The molecule has 12 heavy (non-hydrogen) atoms. The molecule has 1 atom stereocenters. The second kappa shape index (κ2) is 4.63. The summed E-state index contributed by atoms with van der Waals surface area (Å²) < 4.78 is 0. The molecule has 1 aromatic rings. The highest BCUT2D eigenvalue weighted by Crippen LogP contribution is 2.24. The fourth-order valence-corrected chi connectivity index (χ4v) is 2.40. The number of thiophene rings is 1. The molecule has 0 aliphatic carbocycles. The summed E-state index contributed by atoms with van der Waals surface area (Å²) in [5, 5.41) is 5.46. The van der Waals surface area contributed by atoms with Crippen LogP contribution in [-0.2, 0) is 6.42 Å². The van der Waals surface area contributed by atoms with E-state index in [1.54, 1.807) is 4.88 Å². The number of rotatable bonds is 4. The highest BCUT2D eigenvalue weighted by molar-refractivity contribution is 7.10. The molecule has 1 N–H and O–H groups in total. The minimum Gasteiger partial charge on any atom is -0.313 e. The normalized spacial score (nSPS) is 13.2. The van der Waals surface area contributed by atoms with Crippen molar-refractivity contribution in [1.82, 2.24) is 5.32 Å². The van der Waals surface area contributed by atoms with Crippen LogP contribution in [0.5, 0.6) is 0 Å². The van der Waals surface area contributed by atoms with E-state index < -0.39 is 0 Å². The van der Waals surface area contributed by atoms with E-state index in [4.69, 9.17) is 0 Å². The lowest BCUT2D eigenvalue weighted by molar-refractivity contribution is 0.647. The molecule has 1 nitrogen and oxygen atoms in total. The summed E-state index contributed by atoms with van der Waals surface area (Å²) in [6, 6.07) is 2.73. The van der Waals surface area contributed by atoms with E-state index in [1.165, 1.54) is 18.4 Å². The molecule has 0 aromatic carbocycles. The van der Waals surface area contributed by atoms with Gasteiger partial charge in [0, 0.05) is 10.9 Å². The summed E-state index contributed by atoms with van der Waals surface area (Å²) in [5.74, 6) is 0. The van der Waals surface area contributed by atoms with Crippen LogP contribution in [0.2, 0.25) is 0 Å². The summed E-state index contributed by atoms with van der Waals surface area (Å²) in [6.45, 7) is 4.44. The molecule has 0 bridgehead atoms. The molecule has 0 aliphatic heterocycles. The van der Waals surface area contributed by atoms with Gasteiger partial charge in [-0.15, -0.1) is 11.3 Å². The maximum Gasteiger partial charge on any atom is 0.0300 e. The zero-order chi connectivity index (χ0) is 8.97. The molecule has 2 heteroatoms. The van der Waals surface area contributed by atoms with Gasteiger partial charge in [-0.1, -0.05) is 13.3 Å². The molecular weight excluding hydrogens is 166 g/mol. The zero-order valence-electron chi connectivity index (χ0n) is 8.05. The van der Waals surface area contributed by atoms with Gasteiger partial charge in [-0.3, -0.25) is 0 Å². The van der Waals surface area contributed by atoms with E-state index in [-0.39, 0.29) is 0 Å². The Labute approximate surface area is 78.8 Å². The third-order valence-corrected chi connectivity index (χ3v) is 3.15. The van der Waals surface area contributed by atoms with E-state index in [2.05, 4.69) is 30.6 Å². The summed E-state index contributed by atoms with van der Waals surface area (Å²) >= 11 is 1.88. The Morgan fingerprint density at radius 2 is 2.33 bits per heavy atom. The van der Waals surface area contributed by atoms with E-state index in [1.807, 2.05) is 18.4 Å². The molecule has 0 saturated carbocycles. The van der Waals surface area contributed by atoms with Crippen LogP contribution >= 0.6 is 11.3 Å². The van der Waals surface area contributed by atoms with E-state index in [0.29, 0.717) is 6.04 Å². The Morgan fingerprint density at radius 1 is 1.58 bits per heavy atom. The third kappa shape index (κ3) is 2.08. The zero-order valence-corrected chi connectivity index (χ0v) is 8.87. The van der Waals surface area contributed by atoms with Gasteiger partial charge in [0.15, 0.2) is 0 Å². The van der Waals surface area contributed by atoms with Crippen LogP contribution in [0.1, 0.15) is 36.8 Å². The first-order valence-corrected chi connectivity index (χ1v) is 5.41. The highest BCUT2D eigenvalue weighted by Gasteiger charge is 2.08. The Morgan fingerprint density at radius 3 is 2.92 bits per heavy atom. The molecule has 68 valence electrons. The molecule has 1 rings (SSSR count). The van der Waals surface area contributed by atoms with E-state index in [0.717, 1.165) is 0 Å². The Bertz CT molecular complexity index is 229. The van der Waals surface area contributed by atoms with E-state index >= 15 is 0 Å². The molecule has 0 radical (unpaired) electrons. The van der Waals surface area contributed by atoms with Crippen LogP contribution in [-0.4, -0.2) is 7.05 Å². The largest absolute Gasteiger partial charge is 0.313 e. The summed E-state index contributed by atoms with van der Waals surface area (Å²) in [5.41, 5.74) is 1.48. The molecule has 0 saturated heterocycles. The van der Waals surface area contributed by atoms with Crippen molar-refractivity contribution >= 4 is 11.3 Å². The SMILES string of the molecule is CCCc1sccc1C(C)NC. The average molecular weight is 183 g/mol. The summed E-state index contributed by atoms with van der Waals surface area (Å²) in [4.78, 5) is 1.54. The topological polar surface area (TPSA) is 12.0 Å². The minimum absolute atomic E-state index is 0.498. The van der Waals surface area contributed by atoms with Gasteiger partial charge >= 0.3 is 0 Å². The first-order valence-electron chi connectivity index (χ1n) is 4.53. The third-order valence-electron chi connectivity index (χ3n) is 2.16. The van der Waals surface area contributed by atoms with Crippen molar-refractivity contribution in [2.75, 3.05) is 7.05 Å². The fourth-order valence-electron chi connectivity index (χ4n) is 1.32. The standard InChI is InChI=1S/C10H17NS/c1-4-5-10-9(6-7-12-10)8(2)11-3/h6-8,11H,4-5H2,1-3H3. The first-order chi connectivity index (χ1) is 5.79. The van der Waals surface area contributed by atoms with Crippen molar-refractivity contribution < 1.29 is 0 Å². The summed E-state index contributed by atoms with van der Waals surface area (Å²) in [7, 11) is 2.01. The van der Waals surface area contributed by atoms with Crippen molar-refractivity contribution in [3.05, 3.63) is 21.9 Å². The number of hydrogen-bond acceptors (Lipinski definition) is 2.